The van der Waals surface area contributed by atoms with Gasteiger partial charge in [-0.2, -0.15) is 4.31 Å². The minimum atomic E-state index is -4.04. The fraction of sp³-hybridized carbons (Fsp3) is 0.219. The van der Waals surface area contributed by atoms with Crippen LogP contribution in [0.25, 0.3) is 0 Å². The van der Waals surface area contributed by atoms with E-state index in [-0.39, 0.29) is 17.9 Å². The molecule has 0 fully saturated rings. The Balaban J connectivity index is 1.65. The highest BCUT2D eigenvalue weighted by Gasteiger charge is 2.36. The van der Waals surface area contributed by atoms with E-state index in [2.05, 4.69) is 0 Å². The third-order valence-corrected chi connectivity index (χ3v) is 8.45. The summed E-state index contributed by atoms with van der Waals surface area (Å²) >= 11 is 0. The van der Waals surface area contributed by atoms with Crippen molar-refractivity contribution >= 4 is 16.0 Å². The van der Waals surface area contributed by atoms with Crippen LogP contribution in [0.2, 0.25) is 0 Å². The number of hydrogen-bond acceptors (Lipinski definition) is 5. The quantitative estimate of drug-likeness (QED) is 0.218. The van der Waals surface area contributed by atoms with Gasteiger partial charge in [-0.05, 0) is 54.7 Å². The molecule has 0 aliphatic rings. The van der Waals surface area contributed by atoms with Crippen LogP contribution in [0.4, 0.5) is 0 Å². The molecule has 39 heavy (non-hydrogen) atoms. The molecule has 4 aromatic rings. The summed E-state index contributed by atoms with van der Waals surface area (Å²) in [5, 5.41) is 0. The van der Waals surface area contributed by atoms with E-state index in [4.69, 9.17) is 9.47 Å². The fourth-order valence-corrected chi connectivity index (χ4v) is 5.96. The Morgan fingerprint density at radius 3 is 2.03 bits per heavy atom. The molecule has 0 radical (unpaired) electrons. The second-order valence-electron chi connectivity index (χ2n) is 9.29. The second kappa shape index (κ2) is 13.2. The molecule has 6 nitrogen and oxygen atoms in total. The molecule has 0 aliphatic carbocycles. The summed E-state index contributed by atoms with van der Waals surface area (Å²) in [6, 6.07) is 32.4. The van der Waals surface area contributed by atoms with E-state index in [0.29, 0.717) is 18.8 Å². The molecule has 0 aliphatic heterocycles. The van der Waals surface area contributed by atoms with Gasteiger partial charge in [0.2, 0.25) is 10.0 Å². The van der Waals surface area contributed by atoms with E-state index >= 15 is 0 Å². The number of ether oxygens (including phenoxy) is 2. The summed E-state index contributed by atoms with van der Waals surface area (Å²) in [6.45, 7) is 2.35. The van der Waals surface area contributed by atoms with Crippen molar-refractivity contribution < 1.29 is 22.7 Å². The van der Waals surface area contributed by atoms with E-state index in [9.17, 15) is 13.2 Å². The molecule has 1 atom stereocenters. The summed E-state index contributed by atoms with van der Waals surface area (Å²) in [7, 11) is -2.76. The van der Waals surface area contributed by atoms with Crippen molar-refractivity contribution in [2.24, 2.45) is 0 Å². The monoisotopic (exact) mass is 543 g/mol. The first-order valence-corrected chi connectivity index (χ1v) is 14.3. The molecular formula is C32H33NO5S. The summed E-state index contributed by atoms with van der Waals surface area (Å²) in [5.74, 6) is 0.0647. The molecule has 0 N–H and O–H groups in total. The van der Waals surface area contributed by atoms with Crippen LogP contribution in [0, 0.1) is 6.92 Å². The summed E-state index contributed by atoms with van der Waals surface area (Å²) in [4.78, 5) is 13.2. The van der Waals surface area contributed by atoms with Gasteiger partial charge in [0.15, 0.2) is 0 Å². The first-order valence-electron chi connectivity index (χ1n) is 12.8. The topological polar surface area (TPSA) is 72.9 Å². The molecule has 7 heteroatoms. The van der Waals surface area contributed by atoms with Gasteiger partial charge in [0.25, 0.3) is 0 Å². The Morgan fingerprint density at radius 1 is 0.795 bits per heavy atom. The smallest absolute Gasteiger partial charge is 0.324 e. The van der Waals surface area contributed by atoms with Crippen molar-refractivity contribution in [3.63, 3.8) is 0 Å². The average Bonchev–Trinajstić information content (AvgIpc) is 2.97. The Morgan fingerprint density at radius 2 is 1.38 bits per heavy atom. The molecule has 0 saturated carbocycles. The van der Waals surface area contributed by atoms with Crippen LogP contribution in [0.3, 0.4) is 0 Å². The molecule has 202 valence electrons. The highest BCUT2D eigenvalue weighted by Crippen LogP contribution is 2.25. The highest BCUT2D eigenvalue weighted by molar-refractivity contribution is 7.89. The minimum Gasteiger partial charge on any atom is -0.489 e. The number of nitrogens with zero attached hydrogens (tertiary/aromatic N) is 1. The average molecular weight is 544 g/mol. The Kier molecular flexibility index (Phi) is 9.52. The number of carbonyl (C=O) groups is 1. The number of esters is 1. The Labute approximate surface area is 230 Å². The van der Waals surface area contributed by atoms with Crippen molar-refractivity contribution in [3.8, 4) is 5.75 Å². The van der Waals surface area contributed by atoms with E-state index in [1.165, 1.54) is 11.4 Å². The molecular weight excluding hydrogens is 510 g/mol. The van der Waals surface area contributed by atoms with Gasteiger partial charge in [0.05, 0.1) is 12.0 Å². The largest absolute Gasteiger partial charge is 0.489 e. The first kappa shape index (κ1) is 28.1. The van der Waals surface area contributed by atoms with Crippen molar-refractivity contribution in [1.82, 2.24) is 4.31 Å². The summed E-state index contributed by atoms with van der Waals surface area (Å²) < 4.78 is 40.5. The molecule has 0 aromatic heterocycles. The van der Waals surface area contributed by atoms with E-state index in [0.717, 1.165) is 22.3 Å². The molecule has 0 bridgehead atoms. The van der Waals surface area contributed by atoms with Gasteiger partial charge in [0.1, 0.15) is 18.4 Å². The molecule has 4 rings (SSSR count). The van der Waals surface area contributed by atoms with Gasteiger partial charge in [-0.25, -0.2) is 8.42 Å². The van der Waals surface area contributed by atoms with Crippen LogP contribution < -0.4 is 4.74 Å². The summed E-state index contributed by atoms with van der Waals surface area (Å²) in [5.41, 5.74) is 3.66. The first-order chi connectivity index (χ1) is 18.9. The lowest BCUT2D eigenvalue weighted by molar-refractivity contribution is -0.145. The predicted octanol–water partition coefficient (Wildman–Crippen LogP) is 5.59. The van der Waals surface area contributed by atoms with Gasteiger partial charge in [-0.3, -0.25) is 4.79 Å². The van der Waals surface area contributed by atoms with Gasteiger partial charge >= 0.3 is 5.97 Å². The van der Waals surface area contributed by atoms with E-state index in [1.54, 1.807) is 24.3 Å². The van der Waals surface area contributed by atoms with Crippen LogP contribution in [-0.2, 0) is 39.0 Å². The third kappa shape index (κ3) is 7.34. The number of benzene rings is 4. The van der Waals surface area contributed by atoms with Crippen molar-refractivity contribution in [3.05, 3.63) is 131 Å². The molecule has 0 amide bonds. The maximum absolute atomic E-state index is 14.0. The molecule has 0 saturated heterocycles. The van der Waals surface area contributed by atoms with Crippen molar-refractivity contribution in [1.29, 1.82) is 0 Å². The number of rotatable bonds is 12. The molecule has 0 heterocycles. The fourth-order valence-electron chi connectivity index (χ4n) is 4.38. The zero-order chi connectivity index (χ0) is 27.7. The SMILES string of the molecule is COC(=O)[C@H](Cc1ccccc1)N(CCc1ccccc1OCc1ccccc1)S(=O)(=O)c1ccc(C)cc1. The lowest BCUT2D eigenvalue weighted by atomic mass is 10.1. The van der Waals surface area contributed by atoms with Gasteiger partial charge in [-0.15, -0.1) is 0 Å². The number of methoxy groups -OCH3 is 1. The summed E-state index contributed by atoms with van der Waals surface area (Å²) in [6.07, 6.45) is 0.531. The van der Waals surface area contributed by atoms with Crippen LogP contribution in [0.15, 0.2) is 114 Å². The predicted molar refractivity (Wildman–Crippen MR) is 152 cm³/mol. The standard InChI is InChI=1S/C32H33NO5S/c1-25-17-19-29(20-18-25)39(35,36)33(30(32(34)37-2)23-26-11-5-3-6-12-26)22-21-28-15-9-10-16-31(28)38-24-27-13-7-4-8-14-27/h3-20,30H,21-24H2,1-2H3/t30-/m0/s1. The molecule has 4 aromatic carbocycles. The van der Waals surface area contributed by atoms with E-state index in [1.807, 2.05) is 91.9 Å². The Hall–Kier alpha value is -3.94. The van der Waals surface area contributed by atoms with Crippen LogP contribution in [-0.4, -0.2) is 38.4 Å². The highest BCUT2D eigenvalue weighted by atomic mass is 32.2. The normalized spacial score (nSPS) is 12.2. The Bertz CT molecular complexity index is 1460. The third-order valence-electron chi connectivity index (χ3n) is 6.53. The number of carbonyl (C=O) groups excluding carboxylic acids is 1. The van der Waals surface area contributed by atoms with Crippen LogP contribution in [0.1, 0.15) is 22.3 Å². The van der Waals surface area contributed by atoms with Crippen LogP contribution in [0.5, 0.6) is 5.75 Å². The van der Waals surface area contributed by atoms with Crippen LogP contribution >= 0.6 is 0 Å². The van der Waals surface area contributed by atoms with Gasteiger partial charge in [0, 0.05) is 6.54 Å². The number of aryl methyl sites for hydroxylation is 1. The lowest BCUT2D eigenvalue weighted by Crippen LogP contribution is -2.47. The number of sulfonamides is 1. The number of para-hydroxylation sites is 1. The minimum absolute atomic E-state index is 0.0640. The van der Waals surface area contributed by atoms with E-state index < -0.39 is 22.0 Å². The van der Waals surface area contributed by atoms with Gasteiger partial charge in [-0.1, -0.05) is 96.6 Å². The van der Waals surface area contributed by atoms with Gasteiger partial charge < -0.3 is 9.47 Å². The maximum Gasteiger partial charge on any atom is 0.324 e. The zero-order valence-electron chi connectivity index (χ0n) is 22.2. The second-order valence-corrected chi connectivity index (χ2v) is 11.2. The van der Waals surface area contributed by atoms with Crippen molar-refractivity contribution in [2.45, 2.75) is 37.3 Å². The number of hydrogen-bond donors (Lipinski definition) is 0. The van der Waals surface area contributed by atoms with Crippen molar-refractivity contribution in [2.75, 3.05) is 13.7 Å². The molecule has 0 spiro atoms. The maximum atomic E-state index is 14.0. The zero-order valence-corrected chi connectivity index (χ0v) is 23.0. The molecule has 0 unspecified atom stereocenters. The lowest BCUT2D eigenvalue weighted by Gasteiger charge is -2.29.